The molecular weight excluding hydrogens is 288 g/mol. The molecule has 0 spiro atoms. The molecule has 0 aliphatic carbocycles. The van der Waals surface area contributed by atoms with Crippen molar-refractivity contribution in [1.82, 2.24) is 19.9 Å². The van der Waals surface area contributed by atoms with E-state index in [9.17, 15) is 4.79 Å². The predicted octanol–water partition coefficient (Wildman–Crippen LogP) is 2.55. The average Bonchev–Trinajstić information content (AvgIpc) is 3.01. The first-order chi connectivity index (χ1) is 11.1. The third kappa shape index (κ3) is 3.44. The van der Waals surface area contributed by atoms with Crippen LogP contribution in [0.5, 0.6) is 0 Å². The molecule has 1 amide bonds. The second-order valence-corrected chi connectivity index (χ2v) is 6.49. The van der Waals surface area contributed by atoms with Gasteiger partial charge in [0.2, 0.25) is 5.91 Å². The molecule has 0 saturated heterocycles. The van der Waals surface area contributed by atoms with E-state index in [4.69, 9.17) is 0 Å². The Morgan fingerprint density at radius 3 is 2.83 bits per heavy atom. The second kappa shape index (κ2) is 6.52. The van der Waals surface area contributed by atoms with E-state index in [0.717, 1.165) is 25.2 Å². The number of aryl methyl sites for hydroxylation is 1. The van der Waals surface area contributed by atoms with Crippen LogP contribution in [0.2, 0.25) is 0 Å². The molecule has 1 aromatic carbocycles. The van der Waals surface area contributed by atoms with E-state index < -0.39 is 0 Å². The van der Waals surface area contributed by atoms with E-state index in [0.29, 0.717) is 18.9 Å². The summed E-state index contributed by atoms with van der Waals surface area (Å²) < 4.78 is 1.75. The van der Waals surface area contributed by atoms with Gasteiger partial charge in [0.05, 0.1) is 12.1 Å². The molecule has 0 radical (unpaired) electrons. The number of benzene rings is 1. The summed E-state index contributed by atoms with van der Waals surface area (Å²) in [7, 11) is 0. The lowest BCUT2D eigenvalue weighted by Gasteiger charge is -2.29. The number of amides is 1. The van der Waals surface area contributed by atoms with Gasteiger partial charge in [-0.1, -0.05) is 37.3 Å². The molecule has 5 nitrogen and oxygen atoms in total. The second-order valence-electron chi connectivity index (χ2n) is 6.49. The monoisotopic (exact) mass is 312 g/mol. The minimum Gasteiger partial charge on any atom is -0.338 e. The Balaban J connectivity index is 1.70. The van der Waals surface area contributed by atoms with Gasteiger partial charge in [0.15, 0.2) is 0 Å². The van der Waals surface area contributed by atoms with Crippen LogP contribution in [0.25, 0.3) is 0 Å². The largest absolute Gasteiger partial charge is 0.338 e. The standard InChI is InChI=1S/C18H24N4O/c1-4-22-12-17(19-20-22)10-18(23)21-8-7-14-5-6-15(13(2)3)9-16(14)11-21/h5-6,9,12-13H,4,7-8,10-11H2,1-3H3. The van der Waals surface area contributed by atoms with Crippen molar-refractivity contribution in [2.24, 2.45) is 0 Å². The quantitative estimate of drug-likeness (QED) is 0.872. The molecule has 0 atom stereocenters. The molecule has 1 aromatic heterocycles. The van der Waals surface area contributed by atoms with Gasteiger partial charge < -0.3 is 4.90 Å². The molecule has 3 rings (SSSR count). The van der Waals surface area contributed by atoms with Crippen LogP contribution in [-0.4, -0.2) is 32.3 Å². The van der Waals surface area contributed by atoms with Crippen molar-refractivity contribution in [3.63, 3.8) is 0 Å². The van der Waals surface area contributed by atoms with Crippen LogP contribution >= 0.6 is 0 Å². The molecule has 5 heteroatoms. The Labute approximate surface area is 137 Å². The zero-order chi connectivity index (χ0) is 16.4. The SMILES string of the molecule is CCn1cc(CC(=O)N2CCc3ccc(C(C)C)cc3C2)nn1. The molecule has 0 unspecified atom stereocenters. The van der Waals surface area contributed by atoms with E-state index in [1.165, 1.54) is 16.7 Å². The normalized spacial score (nSPS) is 14.2. The minimum absolute atomic E-state index is 0.133. The first-order valence-corrected chi connectivity index (χ1v) is 8.35. The Bertz CT molecular complexity index is 705. The van der Waals surface area contributed by atoms with Gasteiger partial charge in [0, 0.05) is 25.8 Å². The van der Waals surface area contributed by atoms with Crippen LogP contribution in [0, 0.1) is 0 Å². The van der Waals surface area contributed by atoms with Crippen molar-refractivity contribution >= 4 is 5.91 Å². The number of rotatable bonds is 4. The Morgan fingerprint density at radius 1 is 1.30 bits per heavy atom. The fourth-order valence-electron chi connectivity index (χ4n) is 2.99. The predicted molar refractivity (Wildman–Crippen MR) is 89.1 cm³/mol. The van der Waals surface area contributed by atoms with Crippen LogP contribution in [0.3, 0.4) is 0 Å². The first-order valence-electron chi connectivity index (χ1n) is 8.35. The van der Waals surface area contributed by atoms with Crippen molar-refractivity contribution in [3.05, 3.63) is 46.8 Å². The van der Waals surface area contributed by atoms with Crippen molar-refractivity contribution in [3.8, 4) is 0 Å². The minimum atomic E-state index is 0.133. The Hall–Kier alpha value is -2.17. The first kappa shape index (κ1) is 15.7. The van der Waals surface area contributed by atoms with Crippen LogP contribution < -0.4 is 0 Å². The van der Waals surface area contributed by atoms with Crippen molar-refractivity contribution < 1.29 is 4.79 Å². The van der Waals surface area contributed by atoms with Crippen molar-refractivity contribution in [1.29, 1.82) is 0 Å². The maximum Gasteiger partial charge on any atom is 0.229 e. The maximum atomic E-state index is 12.5. The number of fused-ring (bicyclic) bond motifs is 1. The number of carbonyl (C=O) groups is 1. The topological polar surface area (TPSA) is 51.0 Å². The number of nitrogens with zero attached hydrogens (tertiary/aromatic N) is 4. The maximum absolute atomic E-state index is 12.5. The number of carbonyl (C=O) groups excluding carboxylic acids is 1. The Morgan fingerprint density at radius 2 is 2.13 bits per heavy atom. The number of hydrogen-bond donors (Lipinski definition) is 0. The van der Waals surface area contributed by atoms with Crippen LogP contribution in [0.1, 0.15) is 49.1 Å². The van der Waals surface area contributed by atoms with Gasteiger partial charge in [-0.05, 0) is 36.0 Å². The lowest BCUT2D eigenvalue weighted by molar-refractivity contribution is -0.131. The molecular formula is C18H24N4O. The van der Waals surface area contributed by atoms with Gasteiger partial charge in [-0.3, -0.25) is 9.48 Å². The highest BCUT2D eigenvalue weighted by Gasteiger charge is 2.22. The highest BCUT2D eigenvalue weighted by Crippen LogP contribution is 2.24. The van der Waals surface area contributed by atoms with Gasteiger partial charge in [-0.25, -0.2) is 0 Å². The molecule has 0 N–H and O–H groups in total. The van der Waals surface area contributed by atoms with E-state index in [1.54, 1.807) is 4.68 Å². The summed E-state index contributed by atoms with van der Waals surface area (Å²) >= 11 is 0. The summed E-state index contributed by atoms with van der Waals surface area (Å²) in [5.74, 6) is 0.643. The van der Waals surface area contributed by atoms with E-state index >= 15 is 0 Å². The Kier molecular flexibility index (Phi) is 4.46. The summed E-state index contributed by atoms with van der Waals surface area (Å²) in [6, 6.07) is 6.69. The molecule has 1 aliphatic heterocycles. The third-order valence-electron chi connectivity index (χ3n) is 4.50. The highest BCUT2D eigenvalue weighted by atomic mass is 16.2. The number of hydrogen-bond acceptors (Lipinski definition) is 3. The van der Waals surface area contributed by atoms with Crippen molar-refractivity contribution in [2.45, 2.75) is 52.6 Å². The molecule has 1 aliphatic rings. The van der Waals surface area contributed by atoms with Gasteiger partial charge in [0.25, 0.3) is 0 Å². The fourth-order valence-corrected chi connectivity index (χ4v) is 2.99. The van der Waals surface area contributed by atoms with Gasteiger partial charge in [-0.15, -0.1) is 5.10 Å². The third-order valence-corrected chi connectivity index (χ3v) is 4.50. The van der Waals surface area contributed by atoms with Crippen LogP contribution in [0.4, 0.5) is 0 Å². The summed E-state index contributed by atoms with van der Waals surface area (Å²) in [4.78, 5) is 14.5. The zero-order valence-corrected chi connectivity index (χ0v) is 14.1. The molecule has 23 heavy (non-hydrogen) atoms. The molecule has 2 heterocycles. The number of aromatic nitrogens is 3. The van der Waals surface area contributed by atoms with E-state index in [-0.39, 0.29) is 5.91 Å². The van der Waals surface area contributed by atoms with Crippen LogP contribution in [-0.2, 0) is 30.7 Å². The summed E-state index contributed by atoms with van der Waals surface area (Å²) in [6.07, 6.45) is 3.12. The van der Waals surface area contributed by atoms with Gasteiger partial charge in [0.1, 0.15) is 0 Å². The van der Waals surface area contributed by atoms with Crippen LogP contribution in [0.15, 0.2) is 24.4 Å². The molecule has 2 aromatic rings. The zero-order valence-electron chi connectivity index (χ0n) is 14.1. The van der Waals surface area contributed by atoms with Gasteiger partial charge in [-0.2, -0.15) is 0 Å². The smallest absolute Gasteiger partial charge is 0.229 e. The summed E-state index contributed by atoms with van der Waals surface area (Å²) in [5, 5.41) is 8.06. The highest BCUT2D eigenvalue weighted by molar-refractivity contribution is 5.78. The average molecular weight is 312 g/mol. The van der Waals surface area contributed by atoms with E-state index in [2.05, 4.69) is 42.4 Å². The lowest BCUT2D eigenvalue weighted by atomic mass is 9.93. The molecule has 0 fully saturated rings. The molecule has 122 valence electrons. The fraction of sp³-hybridized carbons (Fsp3) is 0.500. The lowest BCUT2D eigenvalue weighted by Crippen LogP contribution is -2.37. The summed E-state index contributed by atoms with van der Waals surface area (Å²) in [6.45, 7) is 8.67. The van der Waals surface area contributed by atoms with Crippen molar-refractivity contribution in [2.75, 3.05) is 6.54 Å². The summed E-state index contributed by atoms with van der Waals surface area (Å²) in [5.41, 5.74) is 4.74. The van der Waals surface area contributed by atoms with E-state index in [1.807, 2.05) is 18.0 Å². The molecule has 0 bridgehead atoms. The molecule has 0 saturated carbocycles. The van der Waals surface area contributed by atoms with Gasteiger partial charge >= 0.3 is 0 Å².